The average molecular weight is 257 g/mol. The molecule has 1 aromatic rings. The Morgan fingerprint density at radius 1 is 1.58 bits per heavy atom. The van der Waals surface area contributed by atoms with Crippen molar-refractivity contribution >= 4 is 11.6 Å². The highest BCUT2D eigenvalue weighted by molar-refractivity contribution is 6.02. The Kier molecular flexibility index (Phi) is 4.00. The van der Waals surface area contributed by atoms with E-state index in [-0.39, 0.29) is 5.91 Å². The van der Waals surface area contributed by atoms with Gasteiger partial charge in [0.05, 0.1) is 5.71 Å². The monoisotopic (exact) mass is 257 g/mol. The predicted molar refractivity (Wildman–Crippen MR) is 77.0 cm³/mol. The molecule has 0 aliphatic heterocycles. The lowest BCUT2D eigenvalue weighted by atomic mass is 9.85. The van der Waals surface area contributed by atoms with Crippen LogP contribution in [-0.4, -0.2) is 16.6 Å². The first kappa shape index (κ1) is 13.3. The van der Waals surface area contributed by atoms with Gasteiger partial charge in [-0.3, -0.25) is 4.79 Å². The van der Waals surface area contributed by atoms with E-state index in [2.05, 4.69) is 28.2 Å². The summed E-state index contributed by atoms with van der Waals surface area (Å²) in [5, 5.41) is 4.24. The first-order valence-electron chi connectivity index (χ1n) is 6.40. The van der Waals surface area contributed by atoms with Gasteiger partial charge < -0.3 is 4.98 Å². The molecule has 2 N–H and O–H groups in total. The summed E-state index contributed by atoms with van der Waals surface area (Å²) in [6.45, 7) is 8.06. The number of carbonyl (C=O) groups is 1. The molecular weight excluding hydrogens is 238 g/mol. The third kappa shape index (κ3) is 3.22. The van der Waals surface area contributed by atoms with E-state index in [1.807, 2.05) is 13.8 Å². The molecule has 4 nitrogen and oxygen atoms in total. The Morgan fingerprint density at radius 2 is 2.37 bits per heavy atom. The summed E-state index contributed by atoms with van der Waals surface area (Å²) < 4.78 is 0. The number of hydrogen-bond acceptors (Lipinski definition) is 2. The Hall–Kier alpha value is -2.10. The van der Waals surface area contributed by atoms with E-state index in [0.717, 1.165) is 29.7 Å². The SMILES string of the molecule is C=C(C)[C@@H]1CC=C(C)/C(=N\NC(=O)c2ccc[nH]2)C1. The highest BCUT2D eigenvalue weighted by Gasteiger charge is 2.18. The second kappa shape index (κ2) is 5.69. The van der Waals surface area contributed by atoms with Gasteiger partial charge in [-0.15, -0.1) is 0 Å². The summed E-state index contributed by atoms with van der Waals surface area (Å²) >= 11 is 0. The molecule has 1 aliphatic rings. The minimum absolute atomic E-state index is 0.220. The average Bonchev–Trinajstić information content (AvgIpc) is 2.91. The van der Waals surface area contributed by atoms with E-state index in [4.69, 9.17) is 0 Å². The largest absolute Gasteiger partial charge is 0.357 e. The van der Waals surface area contributed by atoms with Crippen LogP contribution in [-0.2, 0) is 0 Å². The quantitative estimate of drug-likeness (QED) is 0.634. The number of hydrogen-bond donors (Lipinski definition) is 2. The van der Waals surface area contributed by atoms with Gasteiger partial charge in [-0.25, -0.2) is 5.43 Å². The maximum atomic E-state index is 11.8. The molecule has 1 atom stereocenters. The van der Waals surface area contributed by atoms with Crippen molar-refractivity contribution in [2.75, 3.05) is 0 Å². The molecule has 100 valence electrons. The van der Waals surface area contributed by atoms with Gasteiger partial charge in [0.2, 0.25) is 0 Å². The van der Waals surface area contributed by atoms with Crippen molar-refractivity contribution in [1.29, 1.82) is 0 Å². The molecule has 4 heteroatoms. The predicted octanol–water partition coefficient (Wildman–Crippen LogP) is 3.03. The Bertz CT molecular complexity index is 538. The highest BCUT2D eigenvalue weighted by Crippen LogP contribution is 2.26. The Balaban J connectivity index is 2.06. The number of allylic oxidation sites excluding steroid dienone is 3. The van der Waals surface area contributed by atoms with Gasteiger partial charge in [0.1, 0.15) is 5.69 Å². The molecule has 0 spiro atoms. The molecule has 2 rings (SSSR count). The minimum atomic E-state index is -0.220. The van der Waals surface area contributed by atoms with Crippen LogP contribution < -0.4 is 5.43 Å². The summed E-state index contributed by atoms with van der Waals surface area (Å²) in [5.74, 6) is 0.201. The van der Waals surface area contributed by atoms with Crippen molar-refractivity contribution in [3.05, 3.63) is 47.8 Å². The van der Waals surface area contributed by atoms with Gasteiger partial charge in [0, 0.05) is 6.20 Å². The number of aromatic amines is 1. The van der Waals surface area contributed by atoms with E-state index in [9.17, 15) is 4.79 Å². The topological polar surface area (TPSA) is 57.2 Å². The van der Waals surface area contributed by atoms with Gasteiger partial charge in [-0.05, 0) is 50.3 Å². The van der Waals surface area contributed by atoms with Crippen molar-refractivity contribution in [3.8, 4) is 0 Å². The van der Waals surface area contributed by atoms with Crippen LogP contribution in [0.25, 0.3) is 0 Å². The fourth-order valence-electron chi connectivity index (χ4n) is 2.07. The zero-order valence-electron chi connectivity index (χ0n) is 11.4. The fraction of sp³-hybridized carbons (Fsp3) is 0.333. The maximum Gasteiger partial charge on any atom is 0.287 e. The van der Waals surface area contributed by atoms with Crippen molar-refractivity contribution in [2.45, 2.75) is 26.7 Å². The van der Waals surface area contributed by atoms with E-state index in [1.165, 1.54) is 0 Å². The van der Waals surface area contributed by atoms with Gasteiger partial charge in [-0.1, -0.05) is 18.2 Å². The zero-order valence-corrected chi connectivity index (χ0v) is 11.4. The van der Waals surface area contributed by atoms with Gasteiger partial charge in [0.15, 0.2) is 0 Å². The number of hydrazone groups is 1. The van der Waals surface area contributed by atoms with Crippen LogP contribution in [0.5, 0.6) is 0 Å². The Labute approximate surface area is 113 Å². The summed E-state index contributed by atoms with van der Waals surface area (Å²) in [6.07, 6.45) is 5.71. The van der Waals surface area contributed by atoms with E-state index in [0.29, 0.717) is 11.6 Å². The summed E-state index contributed by atoms with van der Waals surface area (Å²) in [7, 11) is 0. The van der Waals surface area contributed by atoms with E-state index < -0.39 is 0 Å². The second-order valence-electron chi connectivity index (χ2n) is 4.95. The molecule has 19 heavy (non-hydrogen) atoms. The molecule has 0 saturated carbocycles. The van der Waals surface area contributed by atoms with Crippen LogP contribution >= 0.6 is 0 Å². The lowest BCUT2D eigenvalue weighted by Gasteiger charge is -2.22. The third-order valence-electron chi connectivity index (χ3n) is 3.44. The molecule has 0 aromatic carbocycles. The van der Waals surface area contributed by atoms with Gasteiger partial charge in [-0.2, -0.15) is 5.10 Å². The van der Waals surface area contributed by atoms with Gasteiger partial charge in [0.25, 0.3) is 5.91 Å². The molecule has 0 bridgehead atoms. The van der Waals surface area contributed by atoms with Crippen LogP contribution in [0.4, 0.5) is 0 Å². The normalized spacial score (nSPS) is 21.1. The highest BCUT2D eigenvalue weighted by atomic mass is 16.2. The molecule has 0 fully saturated rings. The Morgan fingerprint density at radius 3 is 3.00 bits per heavy atom. The fourth-order valence-corrected chi connectivity index (χ4v) is 2.07. The van der Waals surface area contributed by atoms with Gasteiger partial charge >= 0.3 is 0 Å². The van der Waals surface area contributed by atoms with Crippen molar-refractivity contribution < 1.29 is 4.79 Å². The zero-order chi connectivity index (χ0) is 13.8. The smallest absolute Gasteiger partial charge is 0.287 e. The van der Waals surface area contributed by atoms with Crippen molar-refractivity contribution in [2.24, 2.45) is 11.0 Å². The molecular formula is C15H19N3O. The van der Waals surface area contributed by atoms with E-state index >= 15 is 0 Å². The molecule has 1 aliphatic carbocycles. The van der Waals surface area contributed by atoms with Crippen LogP contribution in [0.2, 0.25) is 0 Å². The first-order chi connectivity index (χ1) is 9.08. The lowest BCUT2D eigenvalue weighted by molar-refractivity contribution is 0.0950. The second-order valence-corrected chi connectivity index (χ2v) is 4.95. The van der Waals surface area contributed by atoms with Crippen LogP contribution in [0.1, 0.15) is 37.2 Å². The third-order valence-corrected chi connectivity index (χ3v) is 3.44. The van der Waals surface area contributed by atoms with E-state index in [1.54, 1.807) is 18.3 Å². The summed E-state index contributed by atoms with van der Waals surface area (Å²) in [5.41, 5.74) is 6.32. The number of carbonyl (C=O) groups excluding carboxylic acids is 1. The molecule has 0 radical (unpaired) electrons. The molecule has 1 amide bonds. The molecule has 1 aromatic heterocycles. The van der Waals surface area contributed by atoms with Crippen LogP contribution in [0.15, 0.2) is 47.2 Å². The van der Waals surface area contributed by atoms with Crippen LogP contribution in [0, 0.1) is 5.92 Å². The van der Waals surface area contributed by atoms with Crippen molar-refractivity contribution in [1.82, 2.24) is 10.4 Å². The number of amides is 1. The minimum Gasteiger partial charge on any atom is -0.357 e. The number of nitrogens with zero attached hydrogens (tertiary/aromatic N) is 1. The number of rotatable bonds is 3. The first-order valence-corrected chi connectivity index (χ1v) is 6.40. The standard InChI is InChI=1S/C15H19N3O/c1-10(2)12-7-6-11(3)14(9-12)17-18-15(19)13-5-4-8-16-13/h4-6,8,12,16H,1,7,9H2,2-3H3,(H,18,19)/b17-14-/t12-/m1/s1. The number of nitrogens with one attached hydrogen (secondary N) is 2. The maximum absolute atomic E-state index is 11.8. The molecule has 0 unspecified atom stereocenters. The van der Waals surface area contributed by atoms with Crippen molar-refractivity contribution in [3.63, 3.8) is 0 Å². The lowest BCUT2D eigenvalue weighted by Crippen LogP contribution is -2.23. The molecule has 0 saturated heterocycles. The summed E-state index contributed by atoms with van der Waals surface area (Å²) in [4.78, 5) is 14.6. The number of H-pyrrole nitrogens is 1. The summed E-state index contributed by atoms with van der Waals surface area (Å²) in [6, 6.07) is 3.50. The van der Waals surface area contributed by atoms with Crippen LogP contribution in [0.3, 0.4) is 0 Å². The number of aromatic nitrogens is 1. The molecule has 1 heterocycles.